The molecule has 0 bridgehead atoms. The molecule has 6 aliphatic rings. The minimum absolute atomic E-state index is 0.0270. The highest BCUT2D eigenvalue weighted by Gasteiger charge is 2.55. The quantitative estimate of drug-likeness (QED) is 0.139. The molecule has 18 atom stereocenters. The van der Waals surface area contributed by atoms with E-state index < -0.39 is 86.3 Å². The van der Waals surface area contributed by atoms with Crippen molar-refractivity contribution >= 4 is 0 Å². The van der Waals surface area contributed by atoms with Gasteiger partial charge in [-0.1, -0.05) is 46.3 Å². The van der Waals surface area contributed by atoms with Crippen LogP contribution in [0.2, 0.25) is 0 Å². The Morgan fingerprint density at radius 1 is 0.796 bits per heavy atom. The third kappa shape index (κ3) is 7.42. The van der Waals surface area contributed by atoms with Crippen molar-refractivity contribution in [2.45, 2.75) is 185 Å². The summed E-state index contributed by atoms with van der Waals surface area (Å²) in [5.41, 5.74) is 3.42. The van der Waals surface area contributed by atoms with Gasteiger partial charge in [-0.15, -0.1) is 0 Å². The number of fused-ring (bicyclic) bond motifs is 4. The van der Waals surface area contributed by atoms with Gasteiger partial charge in [-0.3, -0.25) is 0 Å². The molecule has 1 saturated carbocycles. The molecule has 0 aromatic heterocycles. The Morgan fingerprint density at radius 2 is 1.41 bits per heavy atom. The van der Waals surface area contributed by atoms with Gasteiger partial charge in [-0.25, -0.2) is 0 Å². The van der Waals surface area contributed by atoms with Crippen LogP contribution in [-0.4, -0.2) is 138 Å². The van der Waals surface area contributed by atoms with Gasteiger partial charge in [0.15, 0.2) is 12.6 Å². The normalized spacial score (nSPS) is 46.3. The molecule has 4 aliphatic carbocycles. The molecule has 310 valence electrons. The average Bonchev–Trinajstić information content (AvgIpc) is 3.51. The Hall–Kier alpha value is -1.04. The second kappa shape index (κ2) is 16.3. The summed E-state index contributed by atoms with van der Waals surface area (Å²) in [5, 5.41) is 93.4. The summed E-state index contributed by atoms with van der Waals surface area (Å²) in [6.45, 7) is 11.7. The molecule has 6 rings (SSSR count). The molecule has 13 nitrogen and oxygen atoms in total. The summed E-state index contributed by atoms with van der Waals surface area (Å²) >= 11 is 0. The van der Waals surface area contributed by atoms with E-state index >= 15 is 0 Å². The molecule has 0 unspecified atom stereocenters. The van der Waals surface area contributed by atoms with Crippen molar-refractivity contribution in [1.29, 1.82) is 0 Å². The highest BCUT2D eigenvalue weighted by Crippen LogP contribution is 2.64. The Labute approximate surface area is 320 Å². The minimum atomic E-state index is -1.55. The van der Waals surface area contributed by atoms with Crippen molar-refractivity contribution in [2.75, 3.05) is 13.2 Å². The first-order valence-corrected chi connectivity index (χ1v) is 20.5. The van der Waals surface area contributed by atoms with Gasteiger partial charge < -0.3 is 64.9 Å². The maximum absolute atomic E-state index is 12.1. The first kappa shape index (κ1) is 42.6. The predicted molar refractivity (Wildman–Crippen MR) is 196 cm³/mol. The van der Waals surface area contributed by atoms with E-state index in [9.17, 15) is 46.0 Å². The smallest absolute Gasteiger partial charge is 0.187 e. The van der Waals surface area contributed by atoms with Crippen molar-refractivity contribution in [2.24, 2.45) is 34.5 Å². The lowest BCUT2D eigenvalue weighted by atomic mass is 9.51. The van der Waals surface area contributed by atoms with Gasteiger partial charge in [0.1, 0.15) is 48.8 Å². The van der Waals surface area contributed by atoms with E-state index in [1.807, 2.05) is 13.8 Å². The summed E-state index contributed by atoms with van der Waals surface area (Å²) in [7, 11) is 0. The summed E-state index contributed by atoms with van der Waals surface area (Å²) in [6.07, 6.45) is -2.90. The molecule has 54 heavy (non-hydrogen) atoms. The molecule has 3 fully saturated rings. The van der Waals surface area contributed by atoms with E-state index in [1.165, 1.54) is 11.1 Å². The number of aliphatic hydroxyl groups is 9. The molecular formula is C41H68O13. The average molecular weight is 769 g/mol. The molecule has 2 heterocycles. The molecule has 9 N–H and O–H groups in total. The fourth-order valence-electron chi connectivity index (χ4n) is 11.3. The van der Waals surface area contributed by atoms with Crippen LogP contribution < -0.4 is 0 Å². The van der Waals surface area contributed by atoms with Gasteiger partial charge in [0, 0.05) is 0 Å². The van der Waals surface area contributed by atoms with Crippen molar-refractivity contribution < 1.29 is 64.9 Å². The van der Waals surface area contributed by atoms with Gasteiger partial charge in [0.05, 0.1) is 31.0 Å². The third-order valence-corrected chi connectivity index (χ3v) is 15.2. The number of rotatable bonds is 12. The van der Waals surface area contributed by atoms with Crippen molar-refractivity contribution in [1.82, 2.24) is 0 Å². The zero-order valence-electron chi connectivity index (χ0n) is 33.0. The number of hydrogen-bond acceptors (Lipinski definition) is 13. The van der Waals surface area contributed by atoms with Gasteiger partial charge in [-0.05, 0) is 117 Å². The fourth-order valence-corrected chi connectivity index (χ4v) is 11.3. The highest BCUT2D eigenvalue weighted by atomic mass is 16.7. The van der Waals surface area contributed by atoms with Crippen molar-refractivity contribution in [3.8, 4) is 0 Å². The number of aliphatic hydroxyl groups excluding tert-OH is 8. The van der Waals surface area contributed by atoms with E-state index in [0.29, 0.717) is 24.2 Å². The number of ether oxygens (including phenoxy) is 4. The predicted octanol–water partition coefficient (Wildman–Crippen LogP) is 1.82. The maximum atomic E-state index is 12.1. The van der Waals surface area contributed by atoms with E-state index in [1.54, 1.807) is 12.5 Å². The molecule has 0 amide bonds. The fraction of sp³-hybridized carbons (Fsp3) is 0.902. The van der Waals surface area contributed by atoms with Crippen molar-refractivity contribution in [3.05, 3.63) is 22.8 Å². The zero-order valence-corrected chi connectivity index (χ0v) is 33.0. The van der Waals surface area contributed by atoms with Crippen LogP contribution in [0.3, 0.4) is 0 Å². The maximum Gasteiger partial charge on any atom is 0.187 e. The van der Waals surface area contributed by atoms with Crippen LogP contribution in [0.15, 0.2) is 22.8 Å². The zero-order chi connectivity index (χ0) is 39.5. The van der Waals surface area contributed by atoms with Crippen LogP contribution in [0.4, 0.5) is 0 Å². The monoisotopic (exact) mass is 768 g/mol. The summed E-state index contributed by atoms with van der Waals surface area (Å²) in [4.78, 5) is 0. The molecule has 0 aromatic rings. The summed E-state index contributed by atoms with van der Waals surface area (Å²) in [6, 6.07) is 0. The first-order chi connectivity index (χ1) is 25.4. The number of hydrogen-bond donors (Lipinski definition) is 9. The lowest BCUT2D eigenvalue weighted by Gasteiger charge is -2.54. The molecule has 13 heteroatoms. The lowest BCUT2D eigenvalue weighted by Crippen LogP contribution is -2.61. The van der Waals surface area contributed by atoms with Crippen LogP contribution in [0.25, 0.3) is 0 Å². The Balaban J connectivity index is 1.09. The highest BCUT2D eigenvalue weighted by molar-refractivity contribution is 5.49. The van der Waals surface area contributed by atoms with Crippen LogP contribution in [-0.2, 0) is 18.9 Å². The van der Waals surface area contributed by atoms with Gasteiger partial charge in [0.25, 0.3) is 0 Å². The van der Waals surface area contributed by atoms with Crippen LogP contribution in [0, 0.1) is 34.5 Å². The van der Waals surface area contributed by atoms with Gasteiger partial charge >= 0.3 is 0 Å². The van der Waals surface area contributed by atoms with E-state index in [4.69, 9.17) is 18.9 Å². The molecule has 0 radical (unpaired) electrons. The SMILES string of the molecule is CC(C)[C@](O)(CC[C@@H](C)[C@H]1CC=C2C3=C(CC[C@@]21C)[C@@]1(C)CC[C@H](O[C@@H]2O[C@H](CO)[C@@H](O)[C@H](O)[C@H]2O)C[C@@H]1CC3)[C@@H](C)O[C@@H]1O[C@H](CO)[C@@H](O)[C@H](O)[C@H]1O. The molecule has 0 spiro atoms. The minimum Gasteiger partial charge on any atom is -0.394 e. The van der Waals surface area contributed by atoms with Crippen LogP contribution in [0.1, 0.15) is 106 Å². The van der Waals surface area contributed by atoms with Gasteiger partial charge in [0.2, 0.25) is 0 Å². The Morgan fingerprint density at radius 3 is 2.02 bits per heavy atom. The standard InChI is InChI=1S/C41H68O13/c1-20(2)41(50,22(4)51-37-35(48)33(46)31(44)29(18-42)53-37)16-11-21(3)26-9-10-27-25-8-7-23-17-24(12-14-39(23,5)28(25)13-15-40(26,27)6)52-38-36(49)34(47)32(45)30(19-43)54-38/h10,20-24,26,29-38,42-50H,7-9,11-19H2,1-6H3/t21-,22-,23+,24+,26-,29-,30-,31-,32-,33+,34+,35-,36-,37-,38-,39+,40-,41-/m1/s1. The molecule has 2 aliphatic heterocycles. The number of allylic oxidation sites excluding steroid dienone is 4. The summed E-state index contributed by atoms with van der Waals surface area (Å²) in [5.74, 6) is 0.931. The van der Waals surface area contributed by atoms with Crippen LogP contribution >= 0.6 is 0 Å². The largest absolute Gasteiger partial charge is 0.394 e. The summed E-state index contributed by atoms with van der Waals surface area (Å²) < 4.78 is 23.5. The topological polar surface area (TPSA) is 219 Å². The molecular weight excluding hydrogens is 700 g/mol. The lowest BCUT2D eigenvalue weighted by molar-refractivity contribution is -0.324. The van der Waals surface area contributed by atoms with E-state index in [2.05, 4.69) is 26.8 Å². The van der Waals surface area contributed by atoms with Crippen LogP contribution in [0.5, 0.6) is 0 Å². The van der Waals surface area contributed by atoms with Gasteiger partial charge in [-0.2, -0.15) is 0 Å². The second-order valence-corrected chi connectivity index (χ2v) is 18.4. The molecule has 0 aromatic carbocycles. The second-order valence-electron chi connectivity index (χ2n) is 18.4. The van der Waals surface area contributed by atoms with E-state index in [-0.39, 0.29) is 22.9 Å². The third-order valence-electron chi connectivity index (χ3n) is 15.2. The molecule has 2 saturated heterocycles. The van der Waals surface area contributed by atoms with E-state index in [0.717, 1.165) is 57.8 Å². The Bertz CT molecular complexity index is 1370. The Kier molecular flexibility index (Phi) is 12.9. The first-order valence-electron chi connectivity index (χ1n) is 20.5. The van der Waals surface area contributed by atoms with Crippen molar-refractivity contribution in [3.63, 3.8) is 0 Å².